The molecule has 1 unspecified atom stereocenters. The maximum absolute atomic E-state index is 12.1. The predicted octanol–water partition coefficient (Wildman–Crippen LogP) is 0.759. The molecular weight excluding hydrogens is 280 g/mol. The van der Waals surface area contributed by atoms with Gasteiger partial charge in [-0.1, -0.05) is 0 Å². The van der Waals surface area contributed by atoms with Gasteiger partial charge in [-0.25, -0.2) is 13.2 Å². The molecule has 2 rings (SSSR count). The molecule has 2 saturated heterocycles. The van der Waals surface area contributed by atoms with Crippen LogP contribution in [0.5, 0.6) is 0 Å². The Morgan fingerprint density at radius 3 is 2.35 bits per heavy atom. The van der Waals surface area contributed by atoms with E-state index in [1.54, 1.807) is 4.90 Å². The van der Waals surface area contributed by atoms with Gasteiger partial charge in [-0.05, 0) is 33.6 Å². The molecule has 6 nitrogen and oxygen atoms in total. The maximum atomic E-state index is 12.1. The SMILES string of the molecule is CC(C)(C)OC(=O)N1CC(N)C2(CCS(=O)(=O)CC2)C1. The van der Waals surface area contributed by atoms with Crippen molar-refractivity contribution in [2.24, 2.45) is 11.1 Å². The summed E-state index contributed by atoms with van der Waals surface area (Å²) in [5, 5.41) is 0. The summed E-state index contributed by atoms with van der Waals surface area (Å²) in [7, 11) is -2.93. The summed E-state index contributed by atoms with van der Waals surface area (Å²) in [6, 6.07) is -0.175. The summed E-state index contributed by atoms with van der Waals surface area (Å²) in [4.78, 5) is 13.7. The van der Waals surface area contributed by atoms with Gasteiger partial charge in [0.1, 0.15) is 15.4 Å². The second kappa shape index (κ2) is 4.87. The second-order valence-electron chi connectivity index (χ2n) is 6.98. The molecule has 20 heavy (non-hydrogen) atoms. The first-order chi connectivity index (χ1) is 9.03. The summed E-state index contributed by atoms with van der Waals surface area (Å²) >= 11 is 0. The molecule has 1 spiro atoms. The van der Waals surface area contributed by atoms with Gasteiger partial charge in [0, 0.05) is 24.5 Å². The third-order valence-electron chi connectivity index (χ3n) is 4.18. The third kappa shape index (κ3) is 3.25. The van der Waals surface area contributed by atoms with Crippen LogP contribution in [0.2, 0.25) is 0 Å². The van der Waals surface area contributed by atoms with E-state index in [4.69, 9.17) is 10.5 Å². The van der Waals surface area contributed by atoms with Crippen LogP contribution in [-0.4, -0.2) is 55.6 Å². The Balaban J connectivity index is 2.04. The number of carbonyl (C=O) groups excluding carboxylic acids is 1. The summed E-state index contributed by atoms with van der Waals surface area (Å²) in [6.45, 7) is 6.41. The third-order valence-corrected chi connectivity index (χ3v) is 5.84. The fourth-order valence-corrected chi connectivity index (χ4v) is 4.57. The highest BCUT2D eigenvalue weighted by atomic mass is 32.2. The van der Waals surface area contributed by atoms with Gasteiger partial charge in [0.25, 0.3) is 0 Å². The molecule has 7 heteroatoms. The largest absolute Gasteiger partial charge is 0.444 e. The quantitative estimate of drug-likeness (QED) is 0.713. The highest BCUT2D eigenvalue weighted by Crippen LogP contribution is 2.40. The van der Waals surface area contributed by atoms with E-state index in [2.05, 4.69) is 0 Å². The predicted molar refractivity (Wildman–Crippen MR) is 76.1 cm³/mol. The average molecular weight is 304 g/mol. The van der Waals surface area contributed by atoms with E-state index in [1.165, 1.54) is 0 Å². The van der Waals surface area contributed by atoms with E-state index in [1.807, 2.05) is 20.8 Å². The molecule has 2 aliphatic heterocycles. The zero-order valence-corrected chi connectivity index (χ0v) is 13.2. The van der Waals surface area contributed by atoms with Crippen LogP contribution in [0.3, 0.4) is 0 Å². The van der Waals surface area contributed by atoms with E-state index >= 15 is 0 Å². The Morgan fingerprint density at radius 2 is 1.85 bits per heavy atom. The average Bonchev–Trinajstić information content (AvgIpc) is 2.60. The molecule has 2 N–H and O–H groups in total. The van der Waals surface area contributed by atoms with Crippen molar-refractivity contribution in [2.45, 2.75) is 45.3 Å². The number of amides is 1. The Hall–Kier alpha value is -0.820. The van der Waals surface area contributed by atoms with Crippen LogP contribution in [0.4, 0.5) is 4.79 Å². The number of nitrogens with two attached hydrogens (primary N) is 1. The minimum atomic E-state index is -2.93. The van der Waals surface area contributed by atoms with Crippen molar-refractivity contribution in [1.82, 2.24) is 4.90 Å². The number of hydrogen-bond donors (Lipinski definition) is 1. The second-order valence-corrected chi connectivity index (χ2v) is 9.29. The van der Waals surface area contributed by atoms with Gasteiger partial charge in [0.05, 0.1) is 11.5 Å². The molecule has 116 valence electrons. The Bertz CT molecular complexity index is 481. The molecule has 0 aromatic rings. The van der Waals surface area contributed by atoms with Crippen LogP contribution in [0, 0.1) is 5.41 Å². The van der Waals surface area contributed by atoms with E-state index < -0.39 is 15.4 Å². The number of carbonyl (C=O) groups is 1. The summed E-state index contributed by atoms with van der Waals surface area (Å²) in [5.74, 6) is 0.339. The van der Waals surface area contributed by atoms with Gasteiger partial charge in [0.2, 0.25) is 0 Å². The van der Waals surface area contributed by atoms with E-state index in [0.717, 1.165) is 0 Å². The van der Waals surface area contributed by atoms with Crippen molar-refractivity contribution >= 4 is 15.9 Å². The van der Waals surface area contributed by atoms with Crippen LogP contribution in [0.25, 0.3) is 0 Å². The Kier molecular flexibility index (Phi) is 3.79. The lowest BCUT2D eigenvalue weighted by atomic mass is 9.78. The highest BCUT2D eigenvalue weighted by Gasteiger charge is 2.49. The van der Waals surface area contributed by atoms with Crippen LogP contribution in [0.15, 0.2) is 0 Å². The lowest BCUT2D eigenvalue weighted by Crippen LogP contribution is -2.46. The molecule has 1 amide bonds. The van der Waals surface area contributed by atoms with Crippen molar-refractivity contribution in [1.29, 1.82) is 0 Å². The smallest absolute Gasteiger partial charge is 0.410 e. The van der Waals surface area contributed by atoms with Gasteiger partial charge >= 0.3 is 6.09 Å². The normalized spacial score (nSPS) is 28.6. The molecule has 2 heterocycles. The molecular formula is C13H24N2O4S. The molecule has 0 saturated carbocycles. The van der Waals surface area contributed by atoms with Gasteiger partial charge in [-0.15, -0.1) is 0 Å². The zero-order valence-electron chi connectivity index (χ0n) is 12.4. The van der Waals surface area contributed by atoms with Gasteiger partial charge in [-0.3, -0.25) is 0 Å². The van der Waals surface area contributed by atoms with E-state index in [9.17, 15) is 13.2 Å². The van der Waals surface area contributed by atoms with Crippen molar-refractivity contribution in [3.05, 3.63) is 0 Å². The summed E-state index contributed by atoms with van der Waals surface area (Å²) in [5.41, 5.74) is 5.38. The van der Waals surface area contributed by atoms with Crippen LogP contribution in [-0.2, 0) is 14.6 Å². The first-order valence-electron chi connectivity index (χ1n) is 6.97. The number of nitrogens with zero attached hydrogens (tertiary/aromatic N) is 1. The molecule has 0 aromatic carbocycles. The lowest BCUT2D eigenvalue weighted by molar-refractivity contribution is 0.0270. The van der Waals surface area contributed by atoms with Crippen molar-refractivity contribution in [2.75, 3.05) is 24.6 Å². The molecule has 2 fully saturated rings. The van der Waals surface area contributed by atoms with Gasteiger partial charge in [-0.2, -0.15) is 0 Å². The Morgan fingerprint density at radius 1 is 1.30 bits per heavy atom. The van der Waals surface area contributed by atoms with Crippen LogP contribution < -0.4 is 5.73 Å². The molecule has 0 aliphatic carbocycles. The summed E-state index contributed by atoms with van der Waals surface area (Å²) in [6.07, 6.45) is 0.712. The monoisotopic (exact) mass is 304 g/mol. The fraction of sp³-hybridized carbons (Fsp3) is 0.923. The standard InChI is InChI=1S/C13H24N2O4S/c1-12(2,3)19-11(16)15-8-10(14)13(9-15)4-6-20(17,18)7-5-13/h10H,4-9,14H2,1-3H3. The van der Waals surface area contributed by atoms with Crippen LogP contribution >= 0.6 is 0 Å². The van der Waals surface area contributed by atoms with Gasteiger partial charge in [0.15, 0.2) is 0 Å². The summed E-state index contributed by atoms with van der Waals surface area (Å²) < 4.78 is 28.5. The molecule has 0 radical (unpaired) electrons. The first kappa shape index (κ1) is 15.6. The van der Waals surface area contributed by atoms with E-state index in [0.29, 0.717) is 25.9 Å². The molecule has 0 bridgehead atoms. The Labute approximate surface area is 120 Å². The highest BCUT2D eigenvalue weighted by molar-refractivity contribution is 7.91. The zero-order chi connectivity index (χ0) is 15.2. The maximum Gasteiger partial charge on any atom is 0.410 e. The molecule has 2 aliphatic rings. The molecule has 0 aromatic heterocycles. The number of sulfone groups is 1. The van der Waals surface area contributed by atoms with Crippen molar-refractivity contribution in [3.8, 4) is 0 Å². The minimum absolute atomic E-state index is 0.170. The number of hydrogen-bond acceptors (Lipinski definition) is 5. The molecule has 1 atom stereocenters. The lowest BCUT2D eigenvalue weighted by Gasteiger charge is -2.36. The van der Waals surface area contributed by atoms with Crippen molar-refractivity contribution < 1.29 is 17.9 Å². The fourth-order valence-electron chi connectivity index (χ4n) is 2.93. The number of likely N-dealkylation sites (tertiary alicyclic amines) is 1. The van der Waals surface area contributed by atoms with Gasteiger partial charge < -0.3 is 15.4 Å². The number of ether oxygens (including phenoxy) is 1. The first-order valence-corrected chi connectivity index (χ1v) is 8.79. The van der Waals surface area contributed by atoms with E-state index in [-0.39, 0.29) is 29.1 Å². The number of rotatable bonds is 0. The minimum Gasteiger partial charge on any atom is -0.444 e. The van der Waals surface area contributed by atoms with Crippen molar-refractivity contribution in [3.63, 3.8) is 0 Å². The van der Waals surface area contributed by atoms with Crippen LogP contribution in [0.1, 0.15) is 33.6 Å². The topological polar surface area (TPSA) is 89.7 Å².